The van der Waals surface area contributed by atoms with Crippen molar-refractivity contribution in [1.29, 1.82) is 0 Å². The van der Waals surface area contributed by atoms with Crippen molar-refractivity contribution in [3.05, 3.63) is 88.0 Å². The van der Waals surface area contributed by atoms with E-state index in [0.29, 0.717) is 5.56 Å². The lowest BCUT2D eigenvalue weighted by molar-refractivity contribution is -0.156. The molecule has 37 heavy (non-hydrogen) atoms. The molecule has 2 atom stereocenters. The number of aliphatic hydroxyl groups is 1. The number of amides is 1. The maximum absolute atomic E-state index is 14.3. The first-order valence-electron chi connectivity index (χ1n) is 11.1. The number of rotatable bonds is 12. The van der Waals surface area contributed by atoms with E-state index >= 15 is 0 Å². The van der Waals surface area contributed by atoms with Crippen LogP contribution in [0, 0.1) is 5.82 Å². The summed E-state index contributed by atoms with van der Waals surface area (Å²) in [5.41, 5.74) is 0.160. The topological polar surface area (TPSA) is 140 Å². The Labute approximate surface area is 216 Å². The molecule has 0 aliphatic heterocycles. The van der Waals surface area contributed by atoms with Gasteiger partial charge in [-0.05, 0) is 24.1 Å². The number of carboxylic acids is 1. The Morgan fingerprint density at radius 2 is 1.86 bits per heavy atom. The van der Waals surface area contributed by atoms with Gasteiger partial charge in [0.15, 0.2) is 11.8 Å². The molecule has 0 aliphatic rings. The minimum Gasteiger partial charge on any atom is -0.477 e. The summed E-state index contributed by atoms with van der Waals surface area (Å²) in [7, 11) is 1.43. The maximum Gasteiger partial charge on any atom is 0.354 e. The Bertz CT molecular complexity index is 1250. The van der Waals surface area contributed by atoms with E-state index in [1.54, 1.807) is 30.3 Å². The number of nitrogens with zero attached hydrogens (tertiary/aromatic N) is 2. The Morgan fingerprint density at radius 3 is 2.51 bits per heavy atom. The highest BCUT2D eigenvalue weighted by atomic mass is 35.5. The van der Waals surface area contributed by atoms with Crippen molar-refractivity contribution in [3.8, 4) is 0 Å². The van der Waals surface area contributed by atoms with E-state index in [4.69, 9.17) is 21.1 Å². The summed E-state index contributed by atoms with van der Waals surface area (Å²) >= 11 is 5.77. The van der Waals surface area contributed by atoms with Gasteiger partial charge in [0.2, 0.25) is 0 Å². The molecule has 1 heterocycles. The van der Waals surface area contributed by atoms with E-state index in [9.17, 15) is 29.0 Å². The number of aromatic nitrogens is 2. The zero-order valence-corrected chi connectivity index (χ0v) is 20.5. The van der Waals surface area contributed by atoms with E-state index in [1.165, 1.54) is 19.2 Å². The molecule has 0 fully saturated rings. The van der Waals surface area contributed by atoms with Gasteiger partial charge in [-0.25, -0.2) is 14.0 Å². The van der Waals surface area contributed by atoms with Crippen LogP contribution in [0.3, 0.4) is 0 Å². The third-order valence-corrected chi connectivity index (χ3v) is 5.57. The summed E-state index contributed by atoms with van der Waals surface area (Å²) in [6.07, 6.45) is -1.67. The van der Waals surface area contributed by atoms with E-state index in [2.05, 4.69) is 10.4 Å². The van der Waals surface area contributed by atoms with Crippen LogP contribution in [0.4, 0.5) is 4.39 Å². The summed E-state index contributed by atoms with van der Waals surface area (Å²) in [6, 6.07) is 12.6. The fourth-order valence-corrected chi connectivity index (χ4v) is 3.62. The van der Waals surface area contributed by atoms with Crippen molar-refractivity contribution in [2.24, 2.45) is 0 Å². The third-order valence-electron chi connectivity index (χ3n) is 5.34. The van der Waals surface area contributed by atoms with Gasteiger partial charge in [-0.1, -0.05) is 48.0 Å². The summed E-state index contributed by atoms with van der Waals surface area (Å²) in [4.78, 5) is 37.1. The quantitative estimate of drug-likeness (QED) is 0.238. The maximum atomic E-state index is 14.3. The van der Waals surface area contributed by atoms with Gasteiger partial charge in [0.1, 0.15) is 18.1 Å². The van der Waals surface area contributed by atoms with Crippen LogP contribution in [0.2, 0.25) is 5.02 Å². The minimum absolute atomic E-state index is 0.0651. The Kier molecular flexibility index (Phi) is 9.72. The van der Waals surface area contributed by atoms with Gasteiger partial charge in [-0.2, -0.15) is 5.10 Å². The molecule has 0 saturated carbocycles. The summed E-state index contributed by atoms with van der Waals surface area (Å²) in [5.74, 6) is -3.86. The molecule has 3 rings (SSSR count). The minimum atomic E-state index is -1.73. The van der Waals surface area contributed by atoms with Crippen LogP contribution in [-0.4, -0.2) is 70.3 Å². The lowest BCUT2D eigenvalue weighted by Gasteiger charge is -2.23. The monoisotopic (exact) mass is 533 g/mol. The molecule has 196 valence electrons. The summed E-state index contributed by atoms with van der Waals surface area (Å²) in [6.45, 7) is -0.246. The molecule has 3 N–H and O–H groups in total. The predicted molar refractivity (Wildman–Crippen MR) is 130 cm³/mol. The smallest absolute Gasteiger partial charge is 0.354 e. The van der Waals surface area contributed by atoms with Gasteiger partial charge < -0.3 is 25.0 Å². The second kappa shape index (κ2) is 12.9. The van der Waals surface area contributed by atoms with E-state index in [-0.39, 0.29) is 48.2 Å². The van der Waals surface area contributed by atoms with Crippen LogP contribution >= 0.6 is 11.6 Å². The molecule has 1 amide bonds. The molecule has 2 aromatic carbocycles. The average molecular weight is 534 g/mol. The number of hydrogen-bond donors (Lipinski definition) is 3. The number of esters is 1. The van der Waals surface area contributed by atoms with Crippen molar-refractivity contribution in [2.45, 2.75) is 25.1 Å². The number of carboxylic acid groups (broad SMARTS) is 1. The Hall–Kier alpha value is -3.80. The molecule has 10 nitrogen and oxygen atoms in total. The molecule has 0 bridgehead atoms. The standard InChI is InChI=1S/C25H25ClFN3O7/c1-36-9-10-37-25(35)22(31)19(11-15-5-3-2-4-6-15)28-23(32)20-13-21(24(33)34)30(29-20)14-16-7-8-17(26)12-18(16)27/h2-8,12-13,19,22,31H,9-11,14H2,1H3,(H,28,32)(H,33,34). The number of carbonyl (C=O) groups is 3. The van der Waals surface area contributed by atoms with Gasteiger partial charge >= 0.3 is 11.9 Å². The van der Waals surface area contributed by atoms with Crippen molar-refractivity contribution in [2.75, 3.05) is 20.3 Å². The lowest BCUT2D eigenvalue weighted by atomic mass is 10.0. The van der Waals surface area contributed by atoms with Gasteiger partial charge in [-0.3, -0.25) is 9.48 Å². The summed E-state index contributed by atoms with van der Waals surface area (Å²) in [5, 5.41) is 26.9. The van der Waals surface area contributed by atoms with Crippen LogP contribution in [0.5, 0.6) is 0 Å². The van der Waals surface area contributed by atoms with E-state index in [1.807, 2.05) is 0 Å². The second-order valence-electron chi connectivity index (χ2n) is 7.99. The fraction of sp³-hybridized carbons (Fsp3) is 0.280. The molecule has 0 spiro atoms. The number of aliphatic hydroxyl groups excluding tert-OH is 1. The highest BCUT2D eigenvalue weighted by molar-refractivity contribution is 6.30. The normalized spacial score (nSPS) is 12.5. The second-order valence-corrected chi connectivity index (χ2v) is 8.42. The average Bonchev–Trinajstić information content (AvgIpc) is 3.30. The van der Waals surface area contributed by atoms with Crippen LogP contribution in [0.25, 0.3) is 0 Å². The number of benzene rings is 2. The number of carbonyl (C=O) groups excluding carboxylic acids is 2. The SMILES string of the molecule is COCCOC(=O)C(O)C(Cc1ccccc1)NC(=O)c1cc(C(=O)O)n(Cc2ccc(Cl)cc2F)n1. The Morgan fingerprint density at radius 1 is 1.14 bits per heavy atom. The van der Waals surface area contributed by atoms with Crippen LogP contribution in [-0.2, 0) is 27.2 Å². The Balaban J connectivity index is 1.83. The molecule has 2 unspecified atom stereocenters. The zero-order valence-electron chi connectivity index (χ0n) is 19.8. The number of aromatic carboxylic acids is 1. The van der Waals surface area contributed by atoms with Crippen LogP contribution < -0.4 is 5.32 Å². The molecule has 3 aromatic rings. The largest absolute Gasteiger partial charge is 0.477 e. The van der Waals surface area contributed by atoms with Gasteiger partial charge in [0, 0.05) is 23.8 Å². The highest BCUT2D eigenvalue weighted by Gasteiger charge is 2.31. The first kappa shape index (κ1) is 27.8. The lowest BCUT2D eigenvalue weighted by Crippen LogP contribution is -2.49. The molecule has 12 heteroatoms. The number of nitrogens with one attached hydrogen (secondary N) is 1. The number of hydrogen-bond acceptors (Lipinski definition) is 7. The van der Waals surface area contributed by atoms with Crippen molar-refractivity contribution in [3.63, 3.8) is 0 Å². The molecule has 0 aliphatic carbocycles. The van der Waals surface area contributed by atoms with Crippen molar-refractivity contribution < 1.29 is 38.5 Å². The van der Waals surface area contributed by atoms with Gasteiger partial charge in [0.05, 0.1) is 19.2 Å². The molecule has 0 saturated heterocycles. The number of ether oxygens (including phenoxy) is 2. The molecular formula is C25H25ClFN3O7. The van der Waals surface area contributed by atoms with Crippen molar-refractivity contribution in [1.82, 2.24) is 15.1 Å². The zero-order chi connectivity index (χ0) is 26.9. The third kappa shape index (κ3) is 7.59. The highest BCUT2D eigenvalue weighted by Crippen LogP contribution is 2.17. The van der Waals surface area contributed by atoms with Crippen molar-refractivity contribution >= 4 is 29.4 Å². The predicted octanol–water partition coefficient (Wildman–Crippen LogP) is 2.31. The van der Waals surface area contributed by atoms with Crippen LogP contribution in [0.1, 0.15) is 32.1 Å². The number of halogens is 2. The van der Waals surface area contributed by atoms with E-state index < -0.39 is 35.8 Å². The van der Waals surface area contributed by atoms with Gasteiger partial charge in [-0.15, -0.1) is 0 Å². The van der Waals surface area contributed by atoms with E-state index in [0.717, 1.165) is 16.8 Å². The van der Waals surface area contributed by atoms with Gasteiger partial charge in [0.25, 0.3) is 5.91 Å². The molecule has 1 aromatic heterocycles. The number of methoxy groups -OCH3 is 1. The van der Waals surface area contributed by atoms with Crippen LogP contribution in [0.15, 0.2) is 54.6 Å². The molecule has 0 radical (unpaired) electrons. The molecular weight excluding hydrogens is 509 g/mol. The first-order chi connectivity index (χ1) is 17.7. The first-order valence-corrected chi connectivity index (χ1v) is 11.5. The summed E-state index contributed by atoms with van der Waals surface area (Å²) < 4.78 is 25.0. The fourth-order valence-electron chi connectivity index (χ4n) is 3.46.